The molecule has 0 fully saturated rings. The molecule has 2 N–H and O–H groups in total. The third-order valence-corrected chi connectivity index (χ3v) is 3.63. The molecule has 2 rings (SSSR count). The number of halogens is 3. The van der Waals surface area contributed by atoms with E-state index in [1.807, 2.05) is 0 Å². The molecule has 2 aromatic rings. The summed E-state index contributed by atoms with van der Waals surface area (Å²) in [6, 6.07) is 8.84. The van der Waals surface area contributed by atoms with E-state index in [2.05, 4.69) is 10.3 Å². The lowest BCUT2D eigenvalue weighted by molar-refractivity contribution is -0.272. The van der Waals surface area contributed by atoms with Crippen molar-refractivity contribution in [1.29, 1.82) is 0 Å². The van der Waals surface area contributed by atoms with Gasteiger partial charge < -0.3 is 19.7 Å². The summed E-state index contributed by atoms with van der Waals surface area (Å²) in [7, 11) is 1.35. The number of imidazole rings is 1. The number of hydrogen-bond acceptors (Lipinski definition) is 4. The number of carbonyl (C=O) groups is 1. The molecule has 0 spiro atoms. The number of amides is 1. The van der Waals surface area contributed by atoms with Crippen LogP contribution in [0.2, 0.25) is 0 Å². The van der Waals surface area contributed by atoms with Gasteiger partial charge in [-0.25, -0.2) is 9.78 Å². The molecule has 6 nitrogen and oxygen atoms in total. The molecule has 0 saturated heterocycles. The van der Waals surface area contributed by atoms with Gasteiger partial charge in [0.05, 0.1) is 0 Å². The molecule has 1 aromatic heterocycles. The Morgan fingerprint density at radius 2 is 2.00 bits per heavy atom. The summed E-state index contributed by atoms with van der Waals surface area (Å²) in [5.41, 5.74) is -2.42. The minimum atomic E-state index is -4.94. The molecule has 1 amide bonds. The zero-order chi connectivity index (χ0) is 18.5. The van der Waals surface area contributed by atoms with Gasteiger partial charge in [-0.1, -0.05) is 30.3 Å². The fourth-order valence-corrected chi connectivity index (χ4v) is 2.26. The Balaban J connectivity index is 1.91. The van der Waals surface area contributed by atoms with Crippen LogP contribution < -0.4 is 5.32 Å². The lowest BCUT2D eigenvalue weighted by Gasteiger charge is -2.29. The number of ether oxygens (including phenoxy) is 1. The minimum Gasteiger partial charge on any atom is -0.445 e. The quantitative estimate of drug-likeness (QED) is 0.833. The van der Waals surface area contributed by atoms with Gasteiger partial charge in [-0.3, -0.25) is 0 Å². The second-order valence-electron chi connectivity index (χ2n) is 5.46. The van der Waals surface area contributed by atoms with E-state index in [4.69, 9.17) is 4.74 Å². The first-order valence-electron chi connectivity index (χ1n) is 7.45. The normalized spacial score (nSPS) is 14.0. The first-order chi connectivity index (χ1) is 11.7. The molecule has 0 aliphatic carbocycles. The standard InChI is InChI=1S/C16H18F3N3O3/c1-22-10-9-20-13(22)15(24,16(17,18)19)7-8-21-14(23)25-11-12-5-3-2-4-6-12/h2-6,9-10,24H,7-8,11H2,1H3,(H,21,23). The smallest absolute Gasteiger partial charge is 0.424 e. The number of benzene rings is 1. The third-order valence-electron chi connectivity index (χ3n) is 3.63. The van der Waals surface area contributed by atoms with Gasteiger partial charge in [-0.15, -0.1) is 0 Å². The molecular weight excluding hydrogens is 339 g/mol. The number of hydrogen-bond donors (Lipinski definition) is 2. The van der Waals surface area contributed by atoms with Gasteiger partial charge in [-0.05, 0) is 5.56 Å². The van der Waals surface area contributed by atoms with Crippen LogP contribution in [0.25, 0.3) is 0 Å². The number of aryl methyl sites for hydroxylation is 1. The SMILES string of the molecule is Cn1ccnc1C(O)(CCNC(=O)OCc1ccccc1)C(F)(F)F. The number of nitrogens with zero attached hydrogens (tertiary/aromatic N) is 2. The molecule has 1 unspecified atom stereocenters. The van der Waals surface area contributed by atoms with Crippen molar-refractivity contribution in [3.05, 3.63) is 54.1 Å². The number of alkyl halides is 3. The van der Waals surface area contributed by atoms with Gasteiger partial charge >= 0.3 is 12.3 Å². The molecule has 0 bridgehead atoms. The van der Waals surface area contributed by atoms with Gasteiger partial charge in [0.25, 0.3) is 0 Å². The number of rotatable bonds is 6. The van der Waals surface area contributed by atoms with Crippen molar-refractivity contribution < 1.29 is 27.8 Å². The first-order valence-corrected chi connectivity index (χ1v) is 7.45. The molecule has 0 aliphatic heterocycles. The summed E-state index contributed by atoms with van der Waals surface area (Å²) in [4.78, 5) is 15.2. The lowest BCUT2D eigenvalue weighted by Crippen LogP contribution is -2.46. The van der Waals surface area contributed by atoms with Gasteiger partial charge in [-0.2, -0.15) is 13.2 Å². The maximum Gasteiger partial charge on any atom is 0.424 e. The molecule has 1 heterocycles. The van der Waals surface area contributed by atoms with Gasteiger partial charge in [0.1, 0.15) is 12.4 Å². The Bertz CT molecular complexity index is 703. The Morgan fingerprint density at radius 1 is 1.32 bits per heavy atom. The fraction of sp³-hybridized carbons (Fsp3) is 0.375. The number of nitrogens with one attached hydrogen (secondary N) is 1. The number of aromatic nitrogens is 2. The van der Waals surface area contributed by atoms with Crippen molar-refractivity contribution in [2.45, 2.75) is 24.8 Å². The van der Waals surface area contributed by atoms with Crippen molar-refractivity contribution >= 4 is 6.09 Å². The van der Waals surface area contributed by atoms with Crippen LogP contribution in [-0.4, -0.2) is 33.5 Å². The van der Waals surface area contributed by atoms with E-state index in [9.17, 15) is 23.1 Å². The zero-order valence-corrected chi connectivity index (χ0v) is 13.5. The van der Waals surface area contributed by atoms with Crippen LogP contribution in [0.3, 0.4) is 0 Å². The maximum atomic E-state index is 13.3. The summed E-state index contributed by atoms with van der Waals surface area (Å²) in [5, 5.41) is 12.3. The van der Waals surface area contributed by atoms with Crippen LogP contribution in [0.4, 0.5) is 18.0 Å². The molecule has 0 saturated carbocycles. The van der Waals surface area contributed by atoms with Gasteiger partial charge in [0, 0.05) is 32.4 Å². The van der Waals surface area contributed by atoms with E-state index >= 15 is 0 Å². The number of aliphatic hydroxyl groups is 1. The predicted octanol–water partition coefficient (Wildman–Crippen LogP) is 2.49. The molecule has 1 aromatic carbocycles. The average molecular weight is 357 g/mol. The topological polar surface area (TPSA) is 76.4 Å². The van der Waals surface area contributed by atoms with Crippen LogP contribution in [-0.2, 0) is 24.0 Å². The molecule has 0 aliphatic rings. The van der Waals surface area contributed by atoms with Gasteiger partial charge in [0.2, 0.25) is 5.60 Å². The summed E-state index contributed by atoms with van der Waals surface area (Å²) in [5.74, 6) is -0.542. The van der Waals surface area contributed by atoms with Crippen LogP contribution in [0.1, 0.15) is 17.8 Å². The maximum absolute atomic E-state index is 13.3. The van der Waals surface area contributed by atoms with E-state index in [0.717, 1.165) is 16.3 Å². The van der Waals surface area contributed by atoms with Crippen molar-refractivity contribution in [1.82, 2.24) is 14.9 Å². The van der Waals surface area contributed by atoms with Crippen molar-refractivity contribution in [3.63, 3.8) is 0 Å². The van der Waals surface area contributed by atoms with Crippen molar-refractivity contribution in [2.75, 3.05) is 6.54 Å². The highest BCUT2D eigenvalue weighted by Gasteiger charge is 2.57. The fourth-order valence-electron chi connectivity index (χ4n) is 2.26. The second-order valence-corrected chi connectivity index (χ2v) is 5.46. The van der Waals surface area contributed by atoms with E-state index in [1.165, 1.54) is 13.2 Å². The van der Waals surface area contributed by atoms with Gasteiger partial charge in [0.15, 0.2) is 0 Å². The Kier molecular flexibility index (Phi) is 5.68. The van der Waals surface area contributed by atoms with Crippen LogP contribution in [0.5, 0.6) is 0 Å². The highest BCUT2D eigenvalue weighted by molar-refractivity contribution is 5.67. The molecular formula is C16H18F3N3O3. The van der Waals surface area contributed by atoms with E-state index in [-0.39, 0.29) is 6.61 Å². The predicted molar refractivity (Wildman–Crippen MR) is 82.4 cm³/mol. The lowest BCUT2D eigenvalue weighted by atomic mass is 9.97. The van der Waals surface area contributed by atoms with Crippen molar-refractivity contribution in [3.8, 4) is 0 Å². The van der Waals surface area contributed by atoms with E-state index in [0.29, 0.717) is 0 Å². The van der Waals surface area contributed by atoms with E-state index in [1.54, 1.807) is 30.3 Å². The summed E-state index contributed by atoms with van der Waals surface area (Å²) < 4.78 is 45.9. The minimum absolute atomic E-state index is 0.00439. The monoisotopic (exact) mass is 357 g/mol. The molecule has 0 radical (unpaired) electrons. The van der Waals surface area contributed by atoms with Crippen LogP contribution >= 0.6 is 0 Å². The van der Waals surface area contributed by atoms with E-state index < -0.39 is 36.7 Å². The second kappa shape index (κ2) is 7.56. The number of carbonyl (C=O) groups excluding carboxylic acids is 1. The largest absolute Gasteiger partial charge is 0.445 e. The Hall–Kier alpha value is -2.55. The molecule has 1 atom stereocenters. The Labute approximate surface area is 142 Å². The van der Waals surface area contributed by atoms with Crippen LogP contribution in [0, 0.1) is 0 Å². The average Bonchev–Trinajstić information content (AvgIpc) is 2.99. The molecule has 25 heavy (non-hydrogen) atoms. The highest BCUT2D eigenvalue weighted by Crippen LogP contribution is 2.40. The highest BCUT2D eigenvalue weighted by atomic mass is 19.4. The first kappa shape index (κ1) is 18.8. The molecule has 136 valence electrons. The van der Waals surface area contributed by atoms with Crippen molar-refractivity contribution in [2.24, 2.45) is 7.05 Å². The summed E-state index contributed by atoms with van der Waals surface area (Å²) in [6.45, 7) is -0.438. The van der Waals surface area contributed by atoms with Crippen LogP contribution in [0.15, 0.2) is 42.7 Å². The third kappa shape index (κ3) is 4.50. The number of alkyl carbamates (subject to hydrolysis) is 1. The molecule has 9 heteroatoms. The zero-order valence-electron chi connectivity index (χ0n) is 13.5. The summed E-state index contributed by atoms with van der Waals surface area (Å²) >= 11 is 0. The summed E-state index contributed by atoms with van der Waals surface area (Å²) in [6.07, 6.45) is -4.14. The Morgan fingerprint density at radius 3 is 2.56 bits per heavy atom.